The van der Waals surface area contributed by atoms with Gasteiger partial charge in [-0.3, -0.25) is 0 Å². The van der Waals surface area contributed by atoms with E-state index in [1.165, 1.54) is 5.56 Å². The van der Waals surface area contributed by atoms with Crippen molar-refractivity contribution >= 4 is 0 Å². The van der Waals surface area contributed by atoms with Crippen LogP contribution in [0.15, 0.2) is 48.5 Å². The molecule has 19 heavy (non-hydrogen) atoms. The lowest BCUT2D eigenvalue weighted by Crippen LogP contribution is -2.21. The second kappa shape index (κ2) is 6.39. The Kier molecular flexibility index (Phi) is 4.58. The molecule has 0 aliphatic heterocycles. The fraction of sp³-hybridized carbons (Fsp3) is 0.294. The molecule has 0 radical (unpaired) electrons. The first-order valence-corrected chi connectivity index (χ1v) is 6.71. The Morgan fingerprint density at radius 2 is 1.84 bits per heavy atom. The zero-order chi connectivity index (χ0) is 13.7. The highest BCUT2D eigenvalue weighted by Gasteiger charge is 2.02. The summed E-state index contributed by atoms with van der Waals surface area (Å²) >= 11 is 0. The van der Waals surface area contributed by atoms with Gasteiger partial charge in [-0.25, -0.2) is 0 Å². The van der Waals surface area contributed by atoms with Crippen LogP contribution in [0.25, 0.3) is 0 Å². The molecule has 2 aromatic carbocycles. The number of benzene rings is 2. The van der Waals surface area contributed by atoms with Gasteiger partial charge in [0.1, 0.15) is 11.5 Å². The molecule has 100 valence electrons. The van der Waals surface area contributed by atoms with E-state index in [1.54, 1.807) is 0 Å². The van der Waals surface area contributed by atoms with Crippen molar-refractivity contribution in [1.82, 2.24) is 5.32 Å². The Labute approximate surface area is 115 Å². The van der Waals surface area contributed by atoms with Crippen molar-refractivity contribution in [2.24, 2.45) is 0 Å². The zero-order valence-corrected chi connectivity index (χ0v) is 11.8. The first-order valence-electron chi connectivity index (χ1n) is 6.71. The van der Waals surface area contributed by atoms with Crippen LogP contribution in [0, 0.1) is 6.92 Å². The van der Waals surface area contributed by atoms with Gasteiger partial charge >= 0.3 is 0 Å². The molecule has 2 aromatic rings. The van der Waals surface area contributed by atoms with Crippen molar-refractivity contribution in [2.75, 3.05) is 0 Å². The molecule has 0 heterocycles. The minimum absolute atomic E-state index is 0.487. The lowest BCUT2D eigenvalue weighted by Gasteiger charge is -2.11. The third kappa shape index (κ3) is 4.11. The van der Waals surface area contributed by atoms with Gasteiger partial charge in [-0.2, -0.15) is 0 Å². The van der Waals surface area contributed by atoms with Gasteiger partial charge in [0.05, 0.1) is 0 Å². The van der Waals surface area contributed by atoms with E-state index in [-0.39, 0.29) is 0 Å². The second-order valence-electron chi connectivity index (χ2n) is 5.05. The van der Waals surface area contributed by atoms with Crippen molar-refractivity contribution < 1.29 is 4.74 Å². The molecule has 0 unspecified atom stereocenters. The summed E-state index contributed by atoms with van der Waals surface area (Å²) in [5.74, 6) is 1.80. The maximum Gasteiger partial charge on any atom is 0.130 e. The normalized spacial score (nSPS) is 10.7. The SMILES string of the molecule is Cc1ccccc1Oc1cccc(CNC(C)C)c1. The quantitative estimate of drug-likeness (QED) is 0.860. The molecule has 0 bridgehead atoms. The number of hydrogen-bond donors (Lipinski definition) is 1. The summed E-state index contributed by atoms with van der Waals surface area (Å²) < 4.78 is 5.93. The smallest absolute Gasteiger partial charge is 0.130 e. The van der Waals surface area contributed by atoms with Crippen molar-refractivity contribution in [1.29, 1.82) is 0 Å². The van der Waals surface area contributed by atoms with E-state index >= 15 is 0 Å². The Balaban J connectivity index is 2.09. The van der Waals surface area contributed by atoms with E-state index in [4.69, 9.17) is 4.74 Å². The predicted octanol–water partition coefficient (Wildman–Crippen LogP) is 4.29. The average Bonchev–Trinajstić information content (AvgIpc) is 2.40. The van der Waals surface area contributed by atoms with E-state index in [2.05, 4.69) is 44.3 Å². The van der Waals surface area contributed by atoms with Gasteiger partial charge in [0.2, 0.25) is 0 Å². The Bertz CT molecular complexity index is 534. The molecular formula is C17H21NO. The molecule has 2 heteroatoms. The summed E-state index contributed by atoms with van der Waals surface area (Å²) in [6.07, 6.45) is 0. The molecule has 2 rings (SSSR count). The third-order valence-corrected chi connectivity index (χ3v) is 2.93. The number of hydrogen-bond acceptors (Lipinski definition) is 2. The van der Waals surface area contributed by atoms with Gasteiger partial charge in [-0.05, 0) is 36.2 Å². The van der Waals surface area contributed by atoms with Crippen LogP contribution in [0.5, 0.6) is 11.5 Å². The molecule has 0 saturated heterocycles. The third-order valence-electron chi connectivity index (χ3n) is 2.93. The molecule has 0 aromatic heterocycles. The van der Waals surface area contributed by atoms with Gasteiger partial charge in [0, 0.05) is 12.6 Å². The fourth-order valence-corrected chi connectivity index (χ4v) is 1.84. The highest BCUT2D eigenvalue weighted by Crippen LogP contribution is 2.25. The number of para-hydroxylation sites is 1. The van der Waals surface area contributed by atoms with Crippen LogP contribution in [-0.4, -0.2) is 6.04 Å². The summed E-state index contributed by atoms with van der Waals surface area (Å²) in [5, 5.41) is 3.41. The molecule has 0 atom stereocenters. The summed E-state index contributed by atoms with van der Waals surface area (Å²) in [5.41, 5.74) is 2.38. The summed E-state index contributed by atoms with van der Waals surface area (Å²) in [6, 6.07) is 16.8. The van der Waals surface area contributed by atoms with E-state index in [0.29, 0.717) is 6.04 Å². The predicted molar refractivity (Wildman–Crippen MR) is 79.7 cm³/mol. The molecule has 0 fully saturated rings. The molecule has 0 saturated carbocycles. The van der Waals surface area contributed by atoms with Gasteiger partial charge in [-0.15, -0.1) is 0 Å². The first-order chi connectivity index (χ1) is 9.15. The van der Waals surface area contributed by atoms with Crippen LogP contribution in [-0.2, 0) is 6.54 Å². The first kappa shape index (κ1) is 13.6. The summed E-state index contributed by atoms with van der Waals surface area (Å²) in [4.78, 5) is 0. The number of ether oxygens (including phenoxy) is 1. The Hall–Kier alpha value is -1.80. The van der Waals surface area contributed by atoms with Gasteiger partial charge in [-0.1, -0.05) is 44.2 Å². The van der Waals surface area contributed by atoms with Crippen LogP contribution in [0.4, 0.5) is 0 Å². The highest BCUT2D eigenvalue weighted by atomic mass is 16.5. The number of rotatable bonds is 5. The van der Waals surface area contributed by atoms with Gasteiger partial charge in [0.25, 0.3) is 0 Å². The van der Waals surface area contributed by atoms with Crippen LogP contribution < -0.4 is 10.1 Å². The monoisotopic (exact) mass is 255 g/mol. The van der Waals surface area contributed by atoms with E-state index in [1.807, 2.05) is 30.3 Å². The van der Waals surface area contributed by atoms with Crippen LogP contribution in [0.3, 0.4) is 0 Å². The van der Waals surface area contributed by atoms with E-state index in [0.717, 1.165) is 23.6 Å². The molecular weight excluding hydrogens is 234 g/mol. The molecule has 0 amide bonds. The topological polar surface area (TPSA) is 21.3 Å². The molecule has 0 spiro atoms. The van der Waals surface area contributed by atoms with Crippen molar-refractivity contribution in [3.05, 3.63) is 59.7 Å². The average molecular weight is 255 g/mol. The highest BCUT2D eigenvalue weighted by molar-refractivity contribution is 5.38. The van der Waals surface area contributed by atoms with Gasteiger partial charge < -0.3 is 10.1 Å². The molecule has 1 N–H and O–H groups in total. The fourth-order valence-electron chi connectivity index (χ4n) is 1.84. The number of aryl methyl sites for hydroxylation is 1. The zero-order valence-electron chi connectivity index (χ0n) is 11.8. The Morgan fingerprint density at radius 3 is 2.58 bits per heavy atom. The minimum atomic E-state index is 0.487. The summed E-state index contributed by atoms with van der Waals surface area (Å²) in [6.45, 7) is 7.21. The van der Waals surface area contributed by atoms with Gasteiger partial charge in [0.15, 0.2) is 0 Å². The lowest BCUT2D eigenvalue weighted by atomic mass is 10.2. The lowest BCUT2D eigenvalue weighted by molar-refractivity contribution is 0.477. The summed E-state index contributed by atoms with van der Waals surface area (Å²) in [7, 11) is 0. The van der Waals surface area contributed by atoms with Crippen molar-refractivity contribution in [2.45, 2.75) is 33.4 Å². The van der Waals surface area contributed by atoms with E-state index in [9.17, 15) is 0 Å². The number of nitrogens with one attached hydrogen (secondary N) is 1. The van der Waals surface area contributed by atoms with Crippen molar-refractivity contribution in [3.8, 4) is 11.5 Å². The molecule has 0 aliphatic carbocycles. The largest absolute Gasteiger partial charge is 0.457 e. The standard InChI is InChI=1S/C17H21NO/c1-13(2)18-12-15-8-6-9-16(11-15)19-17-10-5-4-7-14(17)3/h4-11,13,18H,12H2,1-3H3. The van der Waals surface area contributed by atoms with E-state index < -0.39 is 0 Å². The second-order valence-corrected chi connectivity index (χ2v) is 5.05. The van der Waals surface area contributed by atoms with Crippen LogP contribution >= 0.6 is 0 Å². The van der Waals surface area contributed by atoms with Crippen LogP contribution in [0.1, 0.15) is 25.0 Å². The maximum atomic E-state index is 5.93. The molecule has 0 aliphatic rings. The molecule has 2 nitrogen and oxygen atoms in total. The van der Waals surface area contributed by atoms with Crippen LogP contribution in [0.2, 0.25) is 0 Å². The Morgan fingerprint density at radius 1 is 1.05 bits per heavy atom. The van der Waals surface area contributed by atoms with Crippen molar-refractivity contribution in [3.63, 3.8) is 0 Å². The minimum Gasteiger partial charge on any atom is -0.457 e. The maximum absolute atomic E-state index is 5.93.